The van der Waals surface area contributed by atoms with Gasteiger partial charge in [0.25, 0.3) is 5.91 Å². The summed E-state index contributed by atoms with van der Waals surface area (Å²) in [4.78, 5) is 14.2. The van der Waals surface area contributed by atoms with Crippen LogP contribution in [0.25, 0.3) is 0 Å². The number of rotatable bonds is 4. The minimum absolute atomic E-state index is 0. The van der Waals surface area contributed by atoms with E-state index >= 15 is 0 Å². The molecule has 5 N–H and O–H groups in total. The summed E-state index contributed by atoms with van der Waals surface area (Å²) in [5.41, 5.74) is 8.07. The summed E-state index contributed by atoms with van der Waals surface area (Å²) in [7, 11) is 2.14. The van der Waals surface area contributed by atoms with E-state index in [0.717, 1.165) is 25.3 Å². The average molecular weight is 327 g/mol. The lowest BCUT2D eigenvalue weighted by Crippen LogP contribution is -2.64. The van der Waals surface area contributed by atoms with Crippen molar-refractivity contribution in [1.82, 2.24) is 15.5 Å². The Morgan fingerprint density at radius 2 is 1.71 bits per heavy atom. The van der Waals surface area contributed by atoms with Crippen molar-refractivity contribution >= 4 is 11.6 Å². The molecule has 1 aliphatic rings. The lowest BCUT2D eigenvalue weighted by atomic mass is 9.97. The molecule has 0 radical (unpaired) electrons. The van der Waals surface area contributed by atoms with Crippen LogP contribution in [0.2, 0.25) is 0 Å². The summed E-state index contributed by atoms with van der Waals surface area (Å²) < 4.78 is 0.602. The molecule has 0 aromatic heterocycles. The third kappa shape index (κ3) is 3.48. The molecule has 1 fully saturated rings. The van der Waals surface area contributed by atoms with Crippen LogP contribution in [0, 0.1) is 0 Å². The van der Waals surface area contributed by atoms with Crippen molar-refractivity contribution in [2.45, 2.75) is 6.04 Å². The Labute approximate surface area is 143 Å². The predicted molar refractivity (Wildman–Crippen MR) is 98.9 cm³/mol. The molecule has 0 spiro atoms. The van der Waals surface area contributed by atoms with Gasteiger partial charge in [0.05, 0.1) is 13.1 Å². The van der Waals surface area contributed by atoms with E-state index in [1.807, 2.05) is 24.3 Å². The van der Waals surface area contributed by atoms with Crippen LogP contribution in [0.15, 0.2) is 60.7 Å². The number of hydrogen-bond donors (Lipinski definition) is 2. The number of carbonyl (C=O) groups is 1. The first-order valence-corrected chi connectivity index (χ1v) is 8.06. The molecule has 2 atom stereocenters. The number of primary amides is 1. The Kier molecular flexibility index (Phi) is 5.72. The van der Waals surface area contributed by atoms with E-state index in [-0.39, 0.29) is 18.1 Å². The highest BCUT2D eigenvalue weighted by Crippen LogP contribution is 2.38. The maximum absolute atomic E-state index is 11.9. The van der Waals surface area contributed by atoms with Gasteiger partial charge in [0.15, 0.2) is 6.54 Å². The van der Waals surface area contributed by atoms with Crippen LogP contribution in [-0.2, 0) is 4.79 Å². The number of nitrogens with zero attached hydrogens (tertiary/aromatic N) is 2. The Morgan fingerprint density at radius 1 is 1.12 bits per heavy atom. The van der Waals surface area contributed by atoms with Gasteiger partial charge in [-0.1, -0.05) is 48.5 Å². The zero-order valence-corrected chi connectivity index (χ0v) is 14.3. The van der Waals surface area contributed by atoms with Gasteiger partial charge in [-0.2, -0.15) is 0 Å². The smallest absolute Gasteiger partial charge is 0.273 e. The third-order valence-electron chi connectivity index (χ3n) is 4.85. The molecule has 1 amide bonds. The van der Waals surface area contributed by atoms with Crippen molar-refractivity contribution in [3.05, 3.63) is 66.2 Å². The molecule has 0 saturated carbocycles. The van der Waals surface area contributed by atoms with Crippen LogP contribution in [0.1, 0.15) is 11.6 Å². The molecule has 1 saturated heterocycles. The largest absolute Gasteiger partial charge is 0.365 e. The first-order chi connectivity index (χ1) is 11.1. The Balaban J connectivity index is 0.00000208. The second kappa shape index (κ2) is 7.57. The zero-order chi connectivity index (χ0) is 16.3. The third-order valence-corrected chi connectivity index (χ3v) is 4.85. The molecule has 5 nitrogen and oxygen atoms in total. The molecular formula is C19H27N4O+. The molecule has 128 valence electrons. The Bertz CT molecular complexity index is 662. The number of para-hydroxylation sites is 1. The van der Waals surface area contributed by atoms with Crippen molar-refractivity contribution in [2.75, 3.05) is 33.2 Å². The molecule has 2 unspecified atom stereocenters. The lowest BCUT2D eigenvalue weighted by Gasteiger charge is -2.49. The van der Waals surface area contributed by atoms with Crippen LogP contribution >= 0.6 is 0 Å². The number of benzene rings is 2. The van der Waals surface area contributed by atoms with Gasteiger partial charge in [-0.05, 0) is 19.2 Å². The van der Waals surface area contributed by atoms with Gasteiger partial charge in [0.2, 0.25) is 0 Å². The minimum Gasteiger partial charge on any atom is -0.365 e. The van der Waals surface area contributed by atoms with Crippen molar-refractivity contribution in [1.29, 1.82) is 0 Å². The summed E-state index contributed by atoms with van der Waals surface area (Å²) in [5.74, 6) is -0.251. The minimum atomic E-state index is -0.251. The molecule has 1 aliphatic heterocycles. The number of amides is 1. The standard InChI is InChI=1S/C19H23N3O.H3N/c1-21-12-13-22(15-19(20)23,17-10-6-3-7-11-17)18(14-21)16-8-4-2-5-9-16;/h2-11,18H,12-15H2,1H3,(H-,20,23);1H3/p+1. The number of carbonyl (C=O) groups excluding carboxylic acids is 1. The van der Waals surface area contributed by atoms with E-state index in [1.165, 1.54) is 5.56 Å². The van der Waals surface area contributed by atoms with Gasteiger partial charge in [0, 0.05) is 12.1 Å². The van der Waals surface area contributed by atoms with Crippen LogP contribution in [0.3, 0.4) is 0 Å². The molecule has 3 rings (SSSR count). The molecule has 5 heteroatoms. The number of likely N-dealkylation sites (N-methyl/N-ethyl adjacent to an activating group) is 1. The predicted octanol–water partition coefficient (Wildman–Crippen LogP) is 2.33. The SMILES string of the molecule is CN1CC[N+](CC(N)=O)(c2ccccc2)C(c2ccccc2)C1.N. The first kappa shape index (κ1) is 18.1. The van der Waals surface area contributed by atoms with Crippen LogP contribution in [0.4, 0.5) is 5.69 Å². The van der Waals surface area contributed by atoms with E-state index in [2.05, 4.69) is 48.3 Å². The molecule has 0 bridgehead atoms. The normalized spacial score (nSPS) is 24.1. The lowest BCUT2D eigenvalue weighted by molar-refractivity contribution is -0.120. The highest BCUT2D eigenvalue weighted by atomic mass is 16.1. The van der Waals surface area contributed by atoms with Gasteiger partial charge < -0.3 is 11.9 Å². The molecule has 2 aromatic carbocycles. The fourth-order valence-electron chi connectivity index (χ4n) is 3.71. The molecule has 0 aliphatic carbocycles. The van der Waals surface area contributed by atoms with Gasteiger partial charge >= 0.3 is 0 Å². The number of piperazine rings is 1. The van der Waals surface area contributed by atoms with Gasteiger partial charge in [-0.25, -0.2) is 0 Å². The van der Waals surface area contributed by atoms with E-state index in [1.54, 1.807) is 0 Å². The summed E-state index contributed by atoms with van der Waals surface area (Å²) in [6, 6.07) is 21.0. The second-order valence-corrected chi connectivity index (χ2v) is 6.41. The Hall–Kier alpha value is -2.21. The molecular weight excluding hydrogens is 300 g/mol. The van der Waals surface area contributed by atoms with E-state index in [4.69, 9.17) is 5.73 Å². The molecule has 1 heterocycles. The molecule has 2 aromatic rings. The number of hydrogen-bond acceptors (Lipinski definition) is 3. The second-order valence-electron chi connectivity index (χ2n) is 6.41. The van der Waals surface area contributed by atoms with Crippen molar-refractivity contribution in [3.8, 4) is 0 Å². The van der Waals surface area contributed by atoms with Crippen molar-refractivity contribution < 1.29 is 4.79 Å². The summed E-state index contributed by atoms with van der Waals surface area (Å²) in [6.07, 6.45) is 0. The van der Waals surface area contributed by atoms with Crippen LogP contribution in [-0.4, -0.2) is 44.0 Å². The maximum Gasteiger partial charge on any atom is 0.273 e. The van der Waals surface area contributed by atoms with E-state index in [0.29, 0.717) is 11.0 Å². The van der Waals surface area contributed by atoms with Crippen molar-refractivity contribution in [2.24, 2.45) is 5.73 Å². The average Bonchev–Trinajstić information content (AvgIpc) is 2.58. The zero-order valence-electron chi connectivity index (χ0n) is 14.3. The topological polar surface area (TPSA) is 81.3 Å². The first-order valence-electron chi connectivity index (χ1n) is 8.06. The summed E-state index contributed by atoms with van der Waals surface area (Å²) in [5, 5.41) is 0. The van der Waals surface area contributed by atoms with E-state index in [9.17, 15) is 4.79 Å². The van der Waals surface area contributed by atoms with Crippen LogP contribution < -0.4 is 16.4 Å². The van der Waals surface area contributed by atoms with Crippen molar-refractivity contribution in [3.63, 3.8) is 0 Å². The Morgan fingerprint density at radius 3 is 2.29 bits per heavy atom. The number of nitrogens with two attached hydrogens (primary N) is 1. The summed E-state index contributed by atoms with van der Waals surface area (Å²) in [6.45, 7) is 3.07. The quantitative estimate of drug-likeness (QED) is 0.846. The highest BCUT2D eigenvalue weighted by molar-refractivity contribution is 5.78. The summed E-state index contributed by atoms with van der Waals surface area (Å²) >= 11 is 0. The highest BCUT2D eigenvalue weighted by Gasteiger charge is 2.44. The van der Waals surface area contributed by atoms with Gasteiger partial charge in [-0.15, -0.1) is 0 Å². The van der Waals surface area contributed by atoms with Gasteiger partial charge in [0.1, 0.15) is 11.7 Å². The van der Waals surface area contributed by atoms with Gasteiger partial charge in [-0.3, -0.25) is 14.2 Å². The maximum atomic E-state index is 11.9. The number of quaternary nitrogens is 1. The fraction of sp³-hybridized carbons (Fsp3) is 0.316. The van der Waals surface area contributed by atoms with Crippen LogP contribution in [0.5, 0.6) is 0 Å². The fourth-order valence-corrected chi connectivity index (χ4v) is 3.71. The monoisotopic (exact) mass is 327 g/mol. The molecule has 24 heavy (non-hydrogen) atoms. The van der Waals surface area contributed by atoms with E-state index < -0.39 is 0 Å².